The number of ether oxygens (including phenoxy) is 2. The highest BCUT2D eigenvalue weighted by Gasteiger charge is 2.25. The molecule has 1 heterocycles. The second-order valence-electron chi connectivity index (χ2n) is 8.12. The van der Waals surface area contributed by atoms with E-state index in [-0.39, 0.29) is 5.91 Å². The molecule has 3 N–H and O–H groups in total. The molecule has 0 atom stereocenters. The van der Waals surface area contributed by atoms with Crippen molar-refractivity contribution in [3.05, 3.63) is 59.2 Å². The first-order valence-corrected chi connectivity index (χ1v) is 10.8. The van der Waals surface area contributed by atoms with E-state index in [0.717, 1.165) is 50.6 Å². The number of methoxy groups -OCH3 is 2. The van der Waals surface area contributed by atoms with Crippen molar-refractivity contribution >= 4 is 5.91 Å². The van der Waals surface area contributed by atoms with Gasteiger partial charge in [0.15, 0.2) is 6.54 Å². The second-order valence-corrected chi connectivity index (χ2v) is 8.12. The molecule has 0 unspecified atom stereocenters. The molecule has 0 aromatic heterocycles. The summed E-state index contributed by atoms with van der Waals surface area (Å²) in [6.45, 7) is 8.52. The molecule has 1 amide bonds. The van der Waals surface area contributed by atoms with E-state index in [0.29, 0.717) is 13.1 Å². The predicted molar refractivity (Wildman–Crippen MR) is 117 cm³/mol. The standard InChI is InChI=1S/C24H33N3O3/c1-19-4-9-23(30-3)21(16-19)17-26-12-14-27(15-13-26)18-24(28)25-11-10-20-5-7-22(29-2)8-6-20/h4-9,16H,10-15,17-18H2,1-3H3,(H,25,28)/p+2. The van der Waals surface area contributed by atoms with Crippen LogP contribution in [0.5, 0.6) is 11.5 Å². The number of hydrogen-bond acceptors (Lipinski definition) is 3. The van der Waals surface area contributed by atoms with Crippen molar-refractivity contribution < 1.29 is 24.1 Å². The molecule has 0 aliphatic carbocycles. The number of piperazine rings is 1. The predicted octanol–water partition coefficient (Wildman–Crippen LogP) is -0.345. The van der Waals surface area contributed by atoms with E-state index in [9.17, 15) is 4.79 Å². The fourth-order valence-corrected chi connectivity index (χ4v) is 4.05. The van der Waals surface area contributed by atoms with Crippen LogP contribution in [0.2, 0.25) is 0 Å². The third-order valence-electron chi connectivity index (χ3n) is 5.85. The highest BCUT2D eigenvalue weighted by Crippen LogP contribution is 2.18. The fourth-order valence-electron chi connectivity index (χ4n) is 4.05. The summed E-state index contributed by atoms with van der Waals surface area (Å²) >= 11 is 0. The molecule has 2 aromatic rings. The molecule has 0 spiro atoms. The minimum Gasteiger partial charge on any atom is -0.497 e. The summed E-state index contributed by atoms with van der Waals surface area (Å²) in [4.78, 5) is 15.3. The van der Waals surface area contributed by atoms with Crippen LogP contribution in [0, 0.1) is 6.92 Å². The van der Waals surface area contributed by atoms with E-state index in [1.165, 1.54) is 21.6 Å². The Kier molecular flexibility index (Phi) is 8.11. The van der Waals surface area contributed by atoms with Crippen LogP contribution in [0.3, 0.4) is 0 Å². The molecule has 0 bridgehead atoms. The Morgan fingerprint density at radius 3 is 2.33 bits per heavy atom. The van der Waals surface area contributed by atoms with Gasteiger partial charge in [-0.1, -0.05) is 23.8 Å². The zero-order chi connectivity index (χ0) is 21.3. The van der Waals surface area contributed by atoms with E-state index in [1.807, 2.05) is 24.3 Å². The number of amides is 1. The van der Waals surface area contributed by atoms with Gasteiger partial charge in [-0.3, -0.25) is 4.79 Å². The summed E-state index contributed by atoms with van der Waals surface area (Å²) in [7, 11) is 3.40. The van der Waals surface area contributed by atoms with Gasteiger partial charge < -0.3 is 24.6 Å². The molecule has 30 heavy (non-hydrogen) atoms. The minimum atomic E-state index is 0.141. The zero-order valence-corrected chi connectivity index (χ0v) is 18.4. The average Bonchev–Trinajstić information content (AvgIpc) is 2.76. The highest BCUT2D eigenvalue weighted by atomic mass is 16.5. The summed E-state index contributed by atoms with van der Waals surface area (Å²) in [5.41, 5.74) is 3.74. The Bertz CT molecular complexity index is 815. The van der Waals surface area contributed by atoms with Gasteiger partial charge in [0.2, 0.25) is 0 Å². The number of quaternary nitrogens is 2. The van der Waals surface area contributed by atoms with Gasteiger partial charge in [-0.25, -0.2) is 0 Å². The molecule has 2 aromatic carbocycles. The van der Waals surface area contributed by atoms with Crippen LogP contribution in [0.15, 0.2) is 42.5 Å². The zero-order valence-electron chi connectivity index (χ0n) is 18.4. The van der Waals surface area contributed by atoms with Gasteiger partial charge in [-0.2, -0.15) is 0 Å². The van der Waals surface area contributed by atoms with Crippen LogP contribution in [-0.2, 0) is 17.8 Å². The van der Waals surface area contributed by atoms with Gasteiger partial charge in [0, 0.05) is 12.1 Å². The summed E-state index contributed by atoms with van der Waals surface area (Å²) in [5, 5.41) is 3.07. The Labute approximate surface area is 179 Å². The quantitative estimate of drug-likeness (QED) is 0.527. The molecule has 1 saturated heterocycles. The van der Waals surface area contributed by atoms with E-state index < -0.39 is 0 Å². The highest BCUT2D eigenvalue weighted by molar-refractivity contribution is 5.76. The van der Waals surface area contributed by atoms with E-state index in [4.69, 9.17) is 9.47 Å². The van der Waals surface area contributed by atoms with Crippen LogP contribution >= 0.6 is 0 Å². The Morgan fingerprint density at radius 2 is 1.67 bits per heavy atom. The van der Waals surface area contributed by atoms with Crippen LogP contribution in [0.4, 0.5) is 0 Å². The van der Waals surface area contributed by atoms with Crippen LogP contribution in [-0.4, -0.2) is 59.4 Å². The van der Waals surface area contributed by atoms with Crippen molar-refractivity contribution in [2.24, 2.45) is 0 Å². The molecule has 0 radical (unpaired) electrons. The molecule has 6 nitrogen and oxygen atoms in total. The van der Waals surface area contributed by atoms with Gasteiger partial charge in [0.25, 0.3) is 5.91 Å². The smallest absolute Gasteiger partial charge is 0.275 e. The minimum absolute atomic E-state index is 0.141. The SMILES string of the molecule is COc1ccc(CCNC(=O)C[NH+]2CC[NH+](Cc3cc(C)ccc3OC)CC2)cc1. The molecule has 162 valence electrons. The number of benzene rings is 2. The first kappa shape index (κ1) is 22.1. The largest absolute Gasteiger partial charge is 0.497 e. The Balaban J connectivity index is 1.37. The molecular weight excluding hydrogens is 378 g/mol. The van der Waals surface area contributed by atoms with E-state index in [1.54, 1.807) is 19.1 Å². The number of aryl methyl sites for hydroxylation is 1. The van der Waals surface area contributed by atoms with Gasteiger partial charge in [-0.05, 0) is 43.2 Å². The first-order valence-electron chi connectivity index (χ1n) is 10.8. The third kappa shape index (κ3) is 6.47. The number of hydrogen-bond donors (Lipinski definition) is 3. The first-order chi connectivity index (χ1) is 14.6. The molecule has 1 fully saturated rings. The van der Waals surface area contributed by atoms with Gasteiger partial charge >= 0.3 is 0 Å². The van der Waals surface area contributed by atoms with E-state index in [2.05, 4.69) is 30.4 Å². The second kappa shape index (κ2) is 11.0. The van der Waals surface area contributed by atoms with Gasteiger partial charge in [-0.15, -0.1) is 0 Å². The molecule has 0 saturated carbocycles. The average molecular weight is 414 g/mol. The molecule has 1 aliphatic heterocycles. The summed E-state index contributed by atoms with van der Waals surface area (Å²) < 4.78 is 10.7. The molecule has 1 aliphatic rings. The molecular formula is C24H35N3O3+2. The normalized spacial score (nSPS) is 18.6. The topological polar surface area (TPSA) is 56.4 Å². The Hall–Kier alpha value is -2.57. The number of carbonyl (C=O) groups excluding carboxylic acids is 1. The number of carbonyl (C=O) groups is 1. The fraction of sp³-hybridized carbons (Fsp3) is 0.458. The van der Waals surface area contributed by atoms with Crippen LogP contribution < -0.4 is 24.6 Å². The van der Waals surface area contributed by atoms with E-state index >= 15 is 0 Å². The maximum atomic E-state index is 12.3. The number of nitrogens with one attached hydrogen (secondary N) is 3. The van der Waals surface area contributed by atoms with Crippen molar-refractivity contribution in [1.29, 1.82) is 0 Å². The lowest BCUT2D eigenvalue weighted by Crippen LogP contribution is -3.28. The van der Waals surface area contributed by atoms with Crippen molar-refractivity contribution in [3.8, 4) is 11.5 Å². The Morgan fingerprint density at radius 1 is 0.967 bits per heavy atom. The van der Waals surface area contributed by atoms with Gasteiger partial charge in [0.1, 0.15) is 44.2 Å². The lowest BCUT2D eigenvalue weighted by atomic mass is 10.1. The van der Waals surface area contributed by atoms with Gasteiger partial charge in [0.05, 0.1) is 14.2 Å². The molecule has 6 heteroatoms. The summed E-state index contributed by atoms with van der Waals surface area (Å²) in [5.74, 6) is 1.97. The third-order valence-corrected chi connectivity index (χ3v) is 5.85. The monoisotopic (exact) mass is 413 g/mol. The van der Waals surface area contributed by atoms with Crippen LogP contribution in [0.25, 0.3) is 0 Å². The van der Waals surface area contributed by atoms with Crippen molar-refractivity contribution in [2.75, 3.05) is 53.5 Å². The molecule has 3 rings (SSSR count). The van der Waals surface area contributed by atoms with Crippen molar-refractivity contribution in [1.82, 2.24) is 5.32 Å². The maximum Gasteiger partial charge on any atom is 0.275 e. The van der Waals surface area contributed by atoms with Crippen LogP contribution in [0.1, 0.15) is 16.7 Å². The maximum absolute atomic E-state index is 12.3. The summed E-state index contributed by atoms with van der Waals surface area (Å²) in [6, 6.07) is 14.4. The number of rotatable bonds is 9. The lowest BCUT2D eigenvalue weighted by molar-refractivity contribution is -1.02. The lowest BCUT2D eigenvalue weighted by Gasteiger charge is -2.29. The van der Waals surface area contributed by atoms with Crippen molar-refractivity contribution in [3.63, 3.8) is 0 Å². The summed E-state index contributed by atoms with van der Waals surface area (Å²) in [6.07, 6.45) is 0.835. The van der Waals surface area contributed by atoms with Crippen molar-refractivity contribution in [2.45, 2.75) is 19.9 Å².